The summed E-state index contributed by atoms with van der Waals surface area (Å²) in [4.78, 5) is 28.9. The maximum absolute atomic E-state index is 12.5. The second-order valence-electron chi connectivity index (χ2n) is 8.34. The summed E-state index contributed by atoms with van der Waals surface area (Å²) in [7, 11) is 0. The van der Waals surface area contributed by atoms with Gasteiger partial charge in [-0.15, -0.1) is 0 Å². The summed E-state index contributed by atoms with van der Waals surface area (Å²) in [6.45, 7) is 7.24. The summed E-state index contributed by atoms with van der Waals surface area (Å²) in [5.74, 6) is 2.00. The van der Waals surface area contributed by atoms with Gasteiger partial charge in [-0.2, -0.15) is 0 Å². The number of rotatable bonds is 4. The van der Waals surface area contributed by atoms with Crippen LogP contribution in [0.25, 0.3) is 0 Å². The van der Waals surface area contributed by atoms with Crippen LogP contribution in [0.3, 0.4) is 0 Å². The lowest BCUT2D eigenvalue weighted by atomic mass is 9.75. The normalized spacial score (nSPS) is 33.0. The van der Waals surface area contributed by atoms with E-state index in [1.165, 1.54) is 32.1 Å². The molecule has 25 heavy (non-hydrogen) atoms. The molecule has 142 valence electrons. The van der Waals surface area contributed by atoms with Crippen LogP contribution in [0.2, 0.25) is 0 Å². The fourth-order valence-corrected chi connectivity index (χ4v) is 4.92. The molecule has 0 aromatic rings. The minimum absolute atomic E-state index is 0.103. The molecule has 0 aromatic heterocycles. The summed E-state index contributed by atoms with van der Waals surface area (Å²) in [5, 5.41) is 0. The topological polar surface area (TPSA) is 49.9 Å². The van der Waals surface area contributed by atoms with Gasteiger partial charge < -0.3 is 14.5 Å². The lowest BCUT2D eigenvalue weighted by Gasteiger charge is -2.41. The summed E-state index contributed by atoms with van der Waals surface area (Å²) in [6.07, 6.45) is 8.39. The van der Waals surface area contributed by atoms with Gasteiger partial charge >= 0.3 is 0 Å². The fraction of sp³-hybridized carbons (Fsp3) is 0.900. The highest BCUT2D eigenvalue weighted by atomic mass is 16.5. The Morgan fingerprint density at radius 3 is 2.12 bits per heavy atom. The van der Waals surface area contributed by atoms with E-state index in [1.807, 2.05) is 18.7 Å². The van der Waals surface area contributed by atoms with Gasteiger partial charge in [0, 0.05) is 39.0 Å². The molecule has 4 atom stereocenters. The van der Waals surface area contributed by atoms with E-state index < -0.39 is 0 Å². The van der Waals surface area contributed by atoms with Crippen molar-refractivity contribution in [2.45, 2.75) is 77.4 Å². The van der Waals surface area contributed by atoms with Crippen molar-refractivity contribution < 1.29 is 14.3 Å². The van der Waals surface area contributed by atoms with Crippen molar-refractivity contribution in [2.24, 2.45) is 11.8 Å². The summed E-state index contributed by atoms with van der Waals surface area (Å²) < 4.78 is 5.68. The number of carbonyl (C=O) groups excluding carboxylic acids is 2. The highest BCUT2D eigenvalue weighted by molar-refractivity contribution is 5.79. The molecule has 0 N–H and O–H groups in total. The van der Waals surface area contributed by atoms with E-state index in [9.17, 15) is 9.59 Å². The van der Waals surface area contributed by atoms with Crippen molar-refractivity contribution in [1.82, 2.24) is 9.80 Å². The summed E-state index contributed by atoms with van der Waals surface area (Å²) in [6, 6.07) is 0. The smallest absolute Gasteiger partial charge is 0.222 e. The van der Waals surface area contributed by atoms with Gasteiger partial charge in [0.05, 0.1) is 12.2 Å². The number of hydrogen-bond acceptors (Lipinski definition) is 3. The van der Waals surface area contributed by atoms with Crippen molar-refractivity contribution >= 4 is 11.8 Å². The quantitative estimate of drug-likeness (QED) is 0.783. The molecule has 1 saturated carbocycles. The van der Waals surface area contributed by atoms with Crippen LogP contribution in [0.5, 0.6) is 0 Å². The maximum Gasteiger partial charge on any atom is 0.222 e. The van der Waals surface area contributed by atoms with Crippen LogP contribution in [0.15, 0.2) is 0 Å². The van der Waals surface area contributed by atoms with E-state index in [2.05, 4.69) is 4.90 Å². The van der Waals surface area contributed by atoms with Gasteiger partial charge in [-0.05, 0) is 44.9 Å². The van der Waals surface area contributed by atoms with Crippen LogP contribution in [0, 0.1) is 11.8 Å². The Morgan fingerprint density at radius 1 is 0.840 bits per heavy atom. The van der Waals surface area contributed by atoms with Crippen LogP contribution in [0.1, 0.15) is 65.2 Å². The van der Waals surface area contributed by atoms with Crippen molar-refractivity contribution in [1.29, 1.82) is 0 Å². The highest BCUT2D eigenvalue weighted by Crippen LogP contribution is 2.36. The van der Waals surface area contributed by atoms with Crippen molar-refractivity contribution in [3.8, 4) is 0 Å². The van der Waals surface area contributed by atoms with Gasteiger partial charge in [0.1, 0.15) is 0 Å². The van der Waals surface area contributed by atoms with E-state index >= 15 is 0 Å². The van der Waals surface area contributed by atoms with E-state index in [0.29, 0.717) is 32.4 Å². The zero-order valence-electron chi connectivity index (χ0n) is 15.9. The number of fused-ring (bicyclic) bond motifs is 1. The van der Waals surface area contributed by atoms with Gasteiger partial charge in [-0.25, -0.2) is 0 Å². The number of ether oxygens (including phenoxy) is 1. The van der Waals surface area contributed by atoms with Gasteiger partial charge in [-0.3, -0.25) is 9.59 Å². The molecule has 5 heteroatoms. The SMILES string of the molecule is C[C@@H]1CN(C(=O)CCCC(=O)N2CCC3CCCCC3C2)C[C@H](C)O1. The van der Waals surface area contributed by atoms with Gasteiger partial charge in [0.15, 0.2) is 0 Å². The molecule has 3 rings (SSSR count). The number of amides is 2. The first-order valence-corrected chi connectivity index (χ1v) is 10.2. The minimum Gasteiger partial charge on any atom is -0.372 e. The van der Waals surface area contributed by atoms with Crippen LogP contribution in [-0.2, 0) is 14.3 Å². The number of hydrogen-bond donors (Lipinski definition) is 0. The lowest BCUT2D eigenvalue weighted by molar-refractivity contribution is -0.143. The molecule has 2 heterocycles. The predicted molar refractivity (Wildman–Crippen MR) is 97.1 cm³/mol. The van der Waals surface area contributed by atoms with Gasteiger partial charge in [0.2, 0.25) is 11.8 Å². The van der Waals surface area contributed by atoms with Gasteiger partial charge in [-0.1, -0.05) is 19.3 Å². The predicted octanol–water partition coefficient (Wildman–Crippen LogP) is 2.83. The Kier molecular flexibility index (Phi) is 6.37. The zero-order chi connectivity index (χ0) is 17.8. The molecule has 5 nitrogen and oxygen atoms in total. The third-order valence-corrected chi connectivity index (χ3v) is 6.20. The van der Waals surface area contributed by atoms with Crippen LogP contribution in [0.4, 0.5) is 0 Å². The Bertz CT molecular complexity index is 472. The summed E-state index contributed by atoms with van der Waals surface area (Å²) in [5.41, 5.74) is 0. The van der Waals surface area contributed by atoms with E-state index in [4.69, 9.17) is 4.74 Å². The molecule has 0 spiro atoms. The number of carbonyl (C=O) groups is 2. The van der Waals surface area contributed by atoms with Crippen molar-refractivity contribution in [3.05, 3.63) is 0 Å². The van der Waals surface area contributed by atoms with Crippen LogP contribution in [-0.4, -0.2) is 60.0 Å². The third kappa shape index (κ3) is 4.96. The monoisotopic (exact) mass is 350 g/mol. The minimum atomic E-state index is 0.103. The highest BCUT2D eigenvalue weighted by Gasteiger charge is 2.32. The zero-order valence-corrected chi connectivity index (χ0v) is 15.9. The standard InChI is InChI=1S/C20H34N2O3/c1-15-12-22(13-16(2)25-15)20(24)9-5-8-19(23)21-11-10-17-6-3-4-7-18(17)14-21/h15-18H,3-14H2,1-2H3/t15-,16+,17?,18?. The molecule has 0 bridgehead atoms. The molecule has 2 unspecified atom stereocenters. The molecule has 2 saturated heterocycles. The molecule has 1 aliphatic carbocycles. The lowest BCUT2D eigenvalue weighted by Crippen LogP contribution is -2.48. The van der Waals surface area contributed by atoms with Crippen molar-refractivity contribution in [3.63, 3.8) is 0 Å². The van der Waals surface area contributed by atoms with Crippen LogP contribution < -0.4 is 0 Å². The molecule has 0 aromatic carbocycles. The Morgan fingerprint density at radius 2 is 1.44 bits per heavy atom. The average molecular weight is 351 g/mol. The molecule has 0 radical (unpaired) electrons. The molecule has 2 aliphatic heterocycles. The molecular formula is C20H34N2O3. The molecular weight excluding hydrogens is 316 g/mol. The Balaban J connectivity index is 1.38. The van der Waals surface area contributed by atoms with Gasteiger partial charge in [0.25, 0.3) is 0 Å². The first-order valence-electron chi connectivity index (χ1n) is 10.2. The Hall–Kier alpha value is -1.10. The second kappa shape index (κ2) is 8.52. The fourth-order valence-electron chi connectivity index (χ4n) is 4.92. The third-order valence-electron chi connectivity index (χ3n) is 6.20. The summed E-state index contributed by atoms with van der Waals surface area (Å²) >= 11 is 0. The number of morpholine rings is 1. The largest absolute Gasteiger partial charge is 0.372 e. The van der Waals surface area contributed by atoms with E-state index in [1.54, 1.807) is 0 Å². The number of piperidine rings is 1. The average Bonchev–Trinajstić information content (AvgIpc) is 2.60. The first kappa shape index (κ1) is 18.7. The molecule has 3 fully saturated rings. The maximum atomic E-state index is 12.5. The molecule has 3 aliphatic rings. The van der Waals surface area contributed by atoms with Crippen molar-refractivity contribution in [2.75, 3.05) is 26.2 Å². The number of nitrogens with zero attached hydrogens (tertiary/aromatic N) is 2. The number of likely N-dealkylation sites (tertiary alicyclic amines) is 1. The van der Waals surface area contributed by atoms with E-state index in [-0.39, 0.29) is 24.0 Å². The first-order chi connectivity index (χ1) is 12.0. The van der Waals surface area contributed by atoms with E-state index in [0.717, 1.165) is 24.9 Å². The molecule has 2 amide bonds. The van der Waals surface area contributed by atoms with Crippen LogP contribution >= 0.6 is 0 Å². The second-order valence-corrected chi connectivity index (χ2v) is 8.34. The Labute approximate surface area is 152 Å².